The Labute approximate surface area is 107 Å². The lowest BCUT2D eigenvalue weighted by Gasteiger charge is -2.29. The molecule has 0 aliphatic heterocycles. The minimum absolute atomic E-state index is 0.585. The molecule has 1 N–H and O–H groups in total. The second-order valence-corrected chi connectivity index (χ2v) is 5.66. The van der Waals surface area contributed by atoms with Gasteiger partial charge in [0.2, 0.25) is 0 Å². The third kappa shape index (κ3) is 7.03. The average Bonchev–Trinajstić information content (AvgIpc) is 2.33. The van der Waals surface area contributed by atoms with Crippen molar-refractivity contribution in [3.05, 3.63) is 0 Å². The monoisotopic (exact) mass is 243 g/mol. The van der Waals surface area contributed by atoms with Gasteiger partial charge in [-0.1, -0.05) is 58.3 Å². The van der Waals surface area contributed by atoms with Crippen LogP contribution >= 0.6 is 0 Å². The maximum absolute atomic E-state index is 14.2. The van der Waals surface area contributed by atoms with E-state index in [1.165, 1.54) is 44.9 Å². The summed E-state index contributed by atoms with van der Waals surface area (Å²) in [6.45, 7) is 3.83. The summed E-state index contributed by atoms with van der Waals surface area (Å²) < 4.78 is 14.2. The fraction of sp³-hybridized carbons (Fsp3) is 1.00. The summed E-state index contributed by atoms with van der Waals surface area (Å²) >= 11 is 0. The molecule has 1 fully saturated rings. The number of rotatable bonds is 9. The first-order valence-corrected chi connectivity index (χ1v) is 7.66. The van der Waals surface area contributed by atoms with Crippen LogP contribution in [0.25, 0.3) is 0 Å². The van der Waals surface area contributed by atoms with Crippen molar-refractivity contribution < 1.29 is 4.39 Å². The van der Waals surface area contributed by atoms with Crippen molar-refractivity contribution in [2.45, 2.75) is 83.2 Å². The zero-order chi connectivity index (χ0) is 12.4. The van der Waals surface area contributed by atoms with Crippen molar-refractivity contribution >= 4 is 0 Å². The lowest BCUT2D eigenvalue weighted by Crippen LogP contribution is -2.38. The maximum atomic E-state index is 14.2. The van der Waals surface area contributed by atoms with Crippen LogP contribution in [0.1, 0.15) is 77.6 Å². The topological polar surface area (TPSA) is 12.0 Å². The van der Waals surface area contributed by atoms with Gasteiger partial charge in [-0.05, 0) is 25.8 Å². The van der Waals surface area contributed by atoms with Gasteiger partial charge < -0.3 is 5.32 Å². The summed E-state index contributed by atoms with van der Waals surface area (Å²) in [6.07, 6.45) is 12.8. The van der Waals surface area contributed by atoms with Gasteiger partial charge in [0.15, 0.2) is 0 Å². The van der Waals surface area contributed by atoms with Crippen LogP contribution in [-0.4, -0.2) is 18.8 Å². The molecule has 1 rings (SSSR count). The lowest BCUT2D eigenvalue weighted by atomic mass is 9.86. The lowest BCUT2D eigenvalue weighted by molar-refractivity contribution is 0.105. The highest BCUT2D eigenvalue weighted by Gasteiger charge is 2.30. The molecule has 0 unspecified atom stereocenters. The van der Waals surface area contributed by atoms with E-state index >= 15 is 0 Å². The van der Waals surface area contributed by atoms with Crippen LogP contribution in [0, 0.1) is 0 Å². The van der Waals surface area contributed by atoms with Crippen LogP contribution in [-0.2, 0) is 0 Å². The summed E-state index contributed by atoms with van der Waals surface area (Å²) in [7, 11) is 0. The highest BCUT2D eigenvalue weighted by Crippen LogP contribution is 2.30. The summed E-state index contributed by atoms with van der Waals surface area (Å²) in [4.78, 5) is 0. The molecular formula is C15H30FN. The zero-order valence-electron chi connectivity index (χ0n) is 11.6. The first-order chi connectivity index (χ1) is 8.27. The Bertz CT molecular complexity index is 176. The minimum Gasteiger partial charge on any atom is -0.314 e. The molecule has 0 heterocycles. The van der Waals surface area contributed by atoms with Gasteiger partial charge in [-0.3, -0.25) is 0 Å². The van der Waals surface area contributed by atoms with Gasteiger partial charge in [-0.25, -0.2) is 4.39 Å². The standard InChI is InChI=1S/C15H30FN/c1-2-3-4-5-6-10-13-17-14-15(16)11-8-7-9-12-15/h17H,2-14H2,1H3. The Morgan fingerprint density at radius 3 is 2.29 bits per heavy atom. The van der Waals surface area contributed by atoms with Crippen LogP contribution in [0.15, 0.2) is 0 Å². The summed E-state index contributed by atoms with van der Waals surface area (Å²) in [5.74, 6) is 0. The molecule has 0 aromatic carbocycles. The van der Waals surface area contributed by atoms with Crippen LogP contribution < -0.4 is 5.32 Å². The van der Waals surface area contributed by atoms with E-state index in [1.807, 2.05) is 0 Å². The predicted molar refractivity (Wildman–Crippen MR) is 73.2 cm³/mol. The Hall–Kier alpha value is -0.110. The minimum atomic E-state index is -0.888. The molecule has 17 heavy (non-hydrogen) atoms. The molecule has 1 aliphatic carbocycles. The van der Waals surface area contributed by atoms with E-state index < -0.39 is 5.67 Å². The number of hydrogen-bond donors (Lipinski definition) is 1. The van der Waals surface area contributed by atoms with E-state index in [-0.39, 0.29) is 0 Å². The Balaban J connectivity index is 1.89. The van der Waals surface area contributed by atoms with Crippen molar-refractivity contribution in [3.63, 3.8) is 0 Å². The molecule has 0 saturated heterocycles. The van der Waals surface area contributed by atoms with Crippen molar-refractivity contribution in [3.8, 4) is 0 Å². The molecule has 1 nitrogen and oxygen atoms in total. The molecule has 1 saturated carbocycles. The fourth-order valence-corrected chi connectivity index (χ4v) is 2.70. The molecule has 0 aromatic heterocycles. The third-order valence-corrected chi connectivity index (χ3v) is 3.90. The van der Waals surface area contributed by atoms with Gasteiger partial charge in [0.05, 0.1) is 0 Å². The van der Waals surface area contributed by atoms with Gasteiger partial charge in [-0.15, -0.1) is 0 Å². The number of unbranched alkanes of at least 4 members (excludes halogenated alkanes) is 5. The fourth-order valence-electron chi connectivity index (χ4n) is 2.70. The molecular weight excluding hydrogens is 213 g/mol. The largest absolute Gasteiger partial charge is 0.314 e. The SMILES string of the molecule is CCCCCCCCNCC1(F)CCCCC1. The van der Waals surface area contributed by atoms with Crippen molar-refractivity contribution in [1.29, 1.82) is 0 Å². The first kappa shape index (κ1) is 14.9. The van der Waals surface area contributed by atoms with Gasteiger partial charge in [0.1, 0.15) is 5.67 Å². The van der Waals surface area contributed by atoms with Crippen LogP contribution in [0.4, 0.5) is 4.39 Å². The Kier molecular flexibility index (Phi) is 7.83. The van der Waals surface area contributed by atoms with E-state index in [9.17, 15) is 4.39 Å². The Morgan fingerprint density at radius 2 is 1.59 bits per heavy atom. The van der Waals surface area contributed by atoms with Crippen molar-refractivity contribution in [2.24, 2.45) is 0 Å². The quantitative estimate of drug-likeness (QED) is 0.583. The van der Waals surface area contributed by atoms with Gasteiger partial charge in [0.25, 0.3) is 0 Å². The predicted octanol–water partition coefficient (Wildman–Crippen LogP) is 4.61. The van der Waals surface area contributed by atoms with Gasteiger partial charge >= 0.3 is 0 Å². The van der Waals surface area contributed by atoms with E-state index in [1.54, 1.807) is 0 Å². The second-order valence-electron chi connectivity index (χ2n) is 5.66. The van der Waals surface area contributed by atoms with E-state index in [0.717, 1.165) is 32.2 Å². The zero-order valence-corrected chi connectivity index (χ0v) is 11.6. The van der Waals surface area contributed by atoms with E-state index in [2.05, 4.69) is 12.2 Å². The average molecular weight is 243 g/mol. The molecule has 0 bridgehead atoms. The normalized spacial score (nSPS) is 19.4. The Morgan fingerprint density at radius 1 is 0.941 bits per heavy atom. The van der Waals surface area contributed by atoms with Crippen LogP contribution in [0.2, 0.25) is 0 Å². The second kappa shape index (κ2) is 8.91. The smallest absolute Gasteiger partial charge is 0.123 e. The molecule has 1 aliphatic rings. The number of hydrogen-bond acceptors (Lipinski definition) is 1. The summed E-state index contributed by atoms with van der Waals surface area (Å²) in [5.41, 5.74) is -0.888. The molecule has 102 valence electrons. The summed E-state index contributed by atoms with van der Waals surface area (Å²) in [5, 5.41) is 3.31. The summed E-state index contributed by atoms with van der Waals surface area (Å²) in [6, 6.07) is 0. The molecule has 0 aromatic rings. The molecule has 0 amide bonds. The van der Waals surface area contributed by atoms with Crippen molar-refractivity contribution in [2.75, 3.05) is 13.1 Å². The van der Waals surface area contributed by atoms with Gasteiger partial charge in [-0.2, -0.15) is 0 Å². The molecule has 2 heteroatoms. The third-order valence-electron chi connectivity index (χ3n) is 3.90. The molecule has 0 spiro atoms. The molecule has 0 atom stereocenters. The van der Waals surface area contributed by atoms with E-state index in [4.69, 9.17) is 0 Å². The van der Waals surface area contributed by atoms with Gasteiger partial charge in [0, 0.05) is 6.54 Å². The van der Waals surface area contributed by atoms with Crippen LogP contribution in [0.5, 0.6) is 0 Å². The number of nitrogens with one attached hydrogen (secondary N) is 1. The van der Waals surface area contributed by atoms with Crippen LogP contribution in [0.3, 0.4) is 0 Å². The first-order valence-electron chi connectivity index (χ1n) is 7.66. The number of halogens is 1. The van der Waals surface area contributed by atoms with E-state index in [0.29, 0.717) is 6.54 Å². The highest BCUT2D eigenvalue weighted by molar-refractivity contribution is 4.84. The number of alkyl halides is 1. The highest BCUT2D eigenvalue weighted by atomic mass is 19.1. The maximum Gasteiger partial charge on any atom is 0.123 e. The molecule has 0 radical (unpaired) electrons. The van der Waals surface area contributed by atoms with Crippen molar-refractivity contribution in [1.82, 2.24) is 5.32 Å².